The highest BCUT2D eigenvalue weighted by Crippen LogP contribution is 2.32. The zero-order chi connectivity index (χ0) is 28.1. The summed E-state index contributed by atoms with van der Waals surface area (Å²) in [6, 6.07) is 7.51. The summed E-state index contributed by atoms with van der Waals surface area (Å²) >= 11 is 0. The van der Waals surface area contributed by atoms with Gasteiger partial charge in [-0.2, -0.15) is 0 Å². The largest absolute Gasteiger partial charge is 0.493 e. The van der Waals surface area contributed by atoms with Gasteiger partial charge in [0.05, 0.1) is 32.3 Å². The molecule has 0 bridgehead atoms. The van der Waals surface area contributed by atoms with Gasteiger partial charge in [-0.15, -0.1) is 0 Å². The van der Waals surface area contributed by atoms with Crippen molar-refractivity contribution in [1.29, 1.82) is 0 Å². The third-order valence-electron chi connectivity index (χ3n) is 7.44. The molecule has 0 aliphatic carbocycles. The molecule has 214 valence electrons. The fourth-order valence-electron chi connectivity index (χ4n) is 4.85. The van der Waals surface area contributed by atoms with Gasteiger partial charge >= 0.3 is 0 Å². The van der Waals surface area contributed by atoms with Gasteiger partial charge in [0.1, 0.15) is 5.78 Å². The van der Waals surface area contributed by atoms with Crippen molar-refractivity contribution in [3.63, 3.8) is 0 Å². The van der Waals surface area contributed by atoms with Crippen LogP contribution in [-0.4, -0.2) is 50.5 Å². The summed E-state index contributed by atoms with van der Waals surface area (Å²) < 4.78 is 21.7. The maximum Gasteiger partial charge on any atom is 0.161 e. The van der Waals surface area contributed by atoms with Crippen LogP contribution in [0.1, 0.15) is 64.5 Å². The van der Waals surface area contributed by atoms with E-state index in [-0.39, 0.29) is 23.5 Å². The number of carbonyl (C=O) groups excluding carboxylic acids is 1. The molecule has 1 heterocycles. The maximum atomic E-state index is 13.0. The smallest absolute Gasteiger partial charge is 0.161 e. The zero-order valence-electron chi connectivity index (χ0n) is 24.2. The van der Waals surface area contributed by atoms with Crippen LogP contribution in [-0.2, 0) is 22.4 Å². The number of carbonyl (C=O) groups is 1. The molecule has 38 heavy (non-hydrogen) atoms. The normalized spacial score (nSPS) is 14.9. The number of aliphatic hydroxyl groups is 1. The first kappa shape index (κ1) is 31.9. The summed E-state index contributed by atoms with van der Waals surface area (Å²) in [6.07, 6.45) is 6.31. The van der Waals surface area contributed by atoms with Gasteiger partial charge in [-0.25, -0.2) is 0 Å². The first-order chi connectivity index (χ1) is 18.2. The van der Waals surface area contributed by atoms with E-state index in [4.69, 9.17) is 24.4 Å². The van der Waals surface area contributed by atoms with E-state index in [1.54, 1.807) is 26.7 Å². The molecule has 1 aromatic heterocycles. The minimum atomic E-state index is -0.739. The molecule has 7 nitrogen and oxygen atoms in total. The van der Waals surface area contributed by atoms with Crippen LogP contribution in [0.4, 0.5) is 0 Å². The van der Waals surface area contributed by atoms with Gasteiger partial charge in [0.25, 0.3) is 0 Å². The molecule has 0 fully saturated rings. The molecule has 0 saturated carbocycles. The van der Waals surface area contributed by atoms with Crippen molar-refractivity contribution in [1.82, 2.24) is 0 Å². The SMILES string of the molecule is COCCCOc1cc(C[C@@H](C[C@H](N)[C@@H](O)C[C@H](C(=O)CCc2ccoc2)C(C)C)C(C)C)ccc1OC. The average Bonchev–Trinajstić information content (AvgIpc) is 3.41. The minimum absolute atomic E-state index is 0.135. The van der Waals surface area contributed by atoms with E-state index in [0.29, 0.717) is 50.6 Å². The van der Waals surface area contributed by atoms with Gasteiger partial charge in [0.2, 0.25) is 0 Å². The maximum absolute atomic E-state index is 13.0. The summed E-state index contributed by atoms with van der Waals surface area (Å²) in [6.45, 7) is 9.64. The Balaban J connectivity index is 2.00. The van der Waals surface area contributed by atoms with Gasteiger partial charge in [-0.1, -0.05) is 33.8 Å². The highest BCUT2D eigenvalue weighted by molar-refractivity contribution is 5.81. The molecule has 3 N–H and O–H groups in total. The van der Waals surface area contributed by atoms with E-state index in [1.807, 2.05) is 32.0 Å². The van der Waals surface area contributed by atoms with E-state index in [2.05, 4.69) is 19.9 Å². The molecular weight excluding hydrogens is 482 g/mol. The number of aryl methyl sites for hydroxylation is 1. The van der Waals surface area contributed by atoms with E-state index >= 15 is 0 Å². The van der Waals surface area contributed by atoms with Crippen LogP contribution in [0, 0.1) is 23.7 Å². The molecule has 0 aliphatic heterocycles. The number of methoxy groups -OCH3 is 2. The zero-order valence-corrected chi connectivity index (χ0v) is 24.2. The molecule has 1 aromatic carbocycles. The van der Waals surface area contributed by atoms with E-state index in [0.717, 1.165) is 29.7 Å². The molecule has 0 saturated heterocycles. The number of ketones is 1. The van der Waals surface area contributed by atoms with E-state index in [9.17, 15) is 9.90 Å². The Morgan fingerprint density at radius 1 is 1.00 bits per heavy atom. The Labute approximate surface area is 229 Å². The quantitative estimate of drug-likeness (QED) is 0.232. The number of ether oxygens (including phenoxy) is 3. The van der Waals surface area contributed by atoms with Gasteiger partial charge in [0, 0.05) is 38.5 Å². The fraction of sp³-hybridized carbons (Fsp3) is 0.645. The summed E-state index contributed by atoms with van der Waals surface area (Å²) in [4.78, 5) is 13.0. The van der Waals surface area contributed by atoms with Crippen molar-refractivity contribution in [2.45, 2.75) is 78.4 Å². The Morgan fingerprint density at radius 3 is 2.37 bits per heavy atom. The van der Waals surface area contributed by atoms with Crippen molar-refractivity contribution in [2.75, 3.05) is 27.4 Å². The summed E-state index contributed by atoms with van der Waals surface area (Å²) in [7, 11) is 3.32. The molecule has 0 aliphatic rings. The Kier molecular flexibility index (Phi) is 13.9. The topological polar surface area (TPSA) is 104 Å². The van der Waals surface area contributed by atoms with Crippen LogP contribution < -0.4 is 15.2 Å². The predicted molar refractivity (Wildman–Crippen MR) is 151 cm³/mol. The molecule has 0 amide bonds. The molecule has 0 spiro atoms. The second-order valence-corrected chi connectivity index (χ2v) is 11.0. The number of hydrogen-bond acceptors (Lipinski definition) is 7. The van der Waals surface area contributed by atoms with Crippen LogP contribution in [0.15, 0.2) is 41.2 Å². The molecular formula is C31H49NO6. The molecule has 4 atom stereocenters. The fourth-order valence-corrected chi connectivity index (χ4v) is 4.85. The van der Waals surface area contributed by atoms with Gasteiger partial charge in [-0.05, 0) is 72.8 Å². The van der Waals surface area contributed by atoms with Crippen LogP contribution in [0.3, 0.4) is 0 Å². The molecule has 0 radical (unpaired) electrons. The lowest BCUT2D eigenvalue weighted by molar-refractivity contribution is -0.125. The third-order valence-corrected chi connectivity index (χ3v) is 7.44. The lowest BCUT2D eigenvalue weighted by atomic mass is 9.79. The second-order valence-electron chi connectivity index (χ2n) is 11.0. The Hall–Kier alpha value is -2.35. The van der Waals surface area contributed by atoms with Crippen LogP contribution in [0.2, 0.25) is 0 Å². The van der Waals surface area contributed by atoms with E-state index in [1.165, 1.54) is 0 Å². The number of Topliss-reactive ketones (excluding diaryl/α,β-unsaturated/α-hetero) is 1. The van der Waals surface area contributed by atoms with Crippen molar-refractivity contribution in [2.24, 2.45) is 29.4 Å². The van der Waals surface area contributed by atoms with Crippen molar-refractivity contribution < 1.29 is 28.5 Å². The predicted octanol–water partition coefficient (Wildman–Crippen LogP) is 5.46. The molecule has 2 rings (SSSR count). The molecule has 0 unspecified atom stereocenters. The van der Waals surface area contributed by atoms with Gasteiger partial charge < -0.3 is 29.5 Å². The Bertz CT molecular complexity index is 926. The van der Waals surface area contributed by atoms with Crippen LogP contribution in [0.5, 0.6) is 11.5 Å². The standard InChI is InChI=1S/C31H49NO6/c1-21(2)25(16-24-9-11-30(36-6)31(17-24)38-14-7-13-35-5)18-27(32)29(34)19-26(22(3)4)28(33)10-8-23-12-15-37-20-23/h9,11-12,15,17,20-22,25-27,29,34H,7-8,10,13-14,16,18-19,32H2,1-6H3/t25-,26-,27-,29-/m0/s1. The van der Waals surface area contributed by atoms with E-state index < -0.39 is 12.1 Å². The van der Waals surface area contributed by atoms with Crippen molar-refractivity contribution in [3.05, 3.63) is 47.9 Å². The molecule has 7 heteroatoms. The average molecular weight is 532 g/mol. The Morgan fingerprint density at radius 2 is 1.76 bits per heavy atom. The summed E-state index contributed by atoms with van der Waals surface area (Å²) in [5.74, 6) is 2.15. The van der Waals surface area contributed by atoms with Crippen LogP contribution >= 0.6 is 0 Å². The van der Waals surface area contributed by atoms with Crippen LogP contribution in [0.25, 0.3) is 0 Å². The third kappa shape index (κ3) is 10.4. The monoisotopic (exact) mass is 531 g/mol. The number of aliphatic hydroxyl groups excluding tert-OH is 1. The highest BCUT2D eigenvalue weighted by atomic mass is 16.5. The minimum Gasteiger partial charge on any atom is -0.493 e. The molecule has 2 aromatic rings. The number of rotatable bonds is 19. The first-order valence-electron chi connectivity index (χ1n) is 13.9. The highest BCUT2D eigenvalue weighted by Gasteiger charge is 2.29. The van der Waals surface area contributed by atoms with Crippen molar-refractivity contribution >= 4 is 5.78 Å². The second kappa shape index (κ2) is 16.6. The van der Waals surface area contributed by atoms with Crippen molar-refractivity contribution in [3.8, 4) is 11.5 Å². The van der Waals surface area contributed by atoms with Gasteiger partial charge in [0.15, 0.2) is 11.5 Å². The van der Waals surface area contributed by atoms with Gasteiger partial charge in [-0.3, -0.25) is 4.79 Å². The summed E-state index contributed by atoms with van der Waals surface area (Å²) in [5, 5.41) is 11.0. The number of hydrogen-bond donors (Lipinski definition) is 2. The number of furan rings is 1. The first-order valence-corrected chi connectivity index (χ1v) is 13.9. The lowest BCUT2D eigenvalue weighted by Crippen LogP contribution is -2.40. The lowest BCUT2D eigenvalue weighted by Gasteiger charge is -2.30. The number of benzene rings is 1. The summed E-state index contributed by atoms with van der Waals surface area (Å²) in [5.41, 5.74) is 8.70. The number of nitrogens with two attached hydrogens (primary N) is 1.